The van der Waals surface area contributed by atoms with E-state index in [1.165, 1.54) is 0 Å². The van der Waals surface area contributed by atoms with E-state index < -0.39 is 0 Å². The van der Waals surface area contributed by atoms with E-state index in [1.54, 1.807) is 12.2 Å². The molecule has 0 saturated carbocycles. The van der Waals surface area contributed by atoms with Crippen LogP contribution in [0.4, 0.5) is 0 Å². The fraction of sp³-hybridized carbons (Fsp3) is 0.308. The van der Waals surface area contributed by atoms with Crippen LogP contribution in [0.3, 0.4) is 0 Å². The molecule has 0 bridgehead atoms. The molecule has 0 aromatic heterocycles. The highest BCUT2D eigenvalue weighted by atomic mass is 16.5. The maximum Gasteiger partial charge on any atom is 0.122 e. The SMILES string of the molecule is C=C/C(COc1ccccc1C)=C(\C=C)COc1ccccc1C.CC.CC. The molecule has 0 fully saturated rings. The van der Waals surface area contributed by atoms with Crippen molar-refractivity contribution in [2.75, 3.05) is 13.2 Å². The largest absolute Gasteiger partial charge is 0.489 e. The zero-order chi connectivity index (χ0) is 21.4. The molecule has 0 radical (unpaired) electrons. The Morgan fingerprint density at radius 2 is 1.00 bits per heavy atom. The van der Waals surface area contributed by atoms with Gasteiger partial charge in [0.2, 0.25) is 0 Å². The summed E-state index contributed by atoms with van der Waals surface area (Å²) < 4.78 is 11.8. The number of ether oxygens (including phenoxy) is 2. The second kappa shape index (κ2) is 15.3. The van der Waals surface area contributed by atoms with Gasteiger partial charge < -0.3 is 9.47 Å². The quantitative estimate of drug-likeness (QED) is 0.442. The summed E-state index contributed by atoms with van der Waals surface area (Å²) in [6.07, 6.45) is 3.60. The maximum absolute atomic E-state index is 5.92. The Morgan fingerprint density at radius 3 is 1.29 bits per heavy atom. The van der Waals surface area contributed by atoms with Crippen molar-refractivity contribution < 1.29 is 9.47 Å². The number of para-hydroxylation sites is 2. The fourth-order valence-corrected chi connectivity index (χ4v) is 2.31. The van der Waals surface area contributed by atoms with Crippen molar-refractivity contribution in [1.82, 2.24) is 0 Å². The monoisotopic (exact) mass is 380 g/mol. The van der Waals surface area contributed by atoms with Crippen LogP contribution in [0.2, 0.25) is 0 Å². The molecule has 0 saturated heterocycles. The Bertz CT molecular complexity index is 678. The summed E-state index contributed by atoms with van der Waals surface area (Å²) in [5.41, 5.74) is 4.16. The highest BCUT2D eigenvalue weighted by Gasteiger charge is 2.06. The van der Waals surface area contributed by atoms with Crippen molar-refractivity contribution in [1.29, 1.82) is 0 Å². The van der Waals surface area contributed by atoms with E-state index in [1.807, 2.05) is 90.1 Å². The van der Waals surface area contributed by atoms with Crippen LogP contribution in [0.1, 0.15) is 38.8 Å². The number of benzene rings is 2. The highest BCUT2D eigenvalue weighted by molar-refractivity contribution is 5.37. The molecule has 2 heteroatoms. The first-order valence-corrected chi connectivity index (χ1v) is 9.99. The Morgan fingerprint density at radius 1 is 0.679 bits per heavy atom. The van der Waals surface area contributed by atoms with Crippen LogP contribution in [-0.2, 0) is 0 Å². The smallest absolute Gasteiger partial charge is 0.122 e. The van der Waals surface area contributed by atoms with Crippen molar-refractivity contribution in [3.63, 3.8) is 0 Å². The zero-order valence-corrected chi connectivity index (χ0v) is 18.4. The van der Waals surface area contributed by atoms with Gasteiger partial charge >= 0.3 is 0 Å². The van der Waals surface area contributed by atoms with E-state index >= 15 is 0 Å². The first kappa shape index (κ1) is 25.3. The minimum Gasteiger partial charge on any atom is -0.489 e. The van der Waals surface area contributed by atoms with Gasteiger partial charge in [0.1, 0.15) is 24.7 Å². The van der Waals surface area contributed by atoms with E-state index in [4.69, 9.17) is 9.47 Å². The van der Waals surface area contributed by atoms with Crippen LogP contribution >= 0.6 is 0 Å². The standard InChI is InChI=1S/C22H24O2.2C2H6/c1-5-19(15-23-21-13-9-7-11-17(21)3)20(6-2)16-24-22-14-10-8-12-18(22)4;2*1-2/h5-14H,1-2,15-16H2,3-4H3;2*1-2H3/b20-19-;;. The van der Waals surface area contributed by atoms with Crippen LogP contribution in [0.15, 0.2) is 85.0 Å². The van der Waals surface area contributed by atoms with E-state index in [0.717, 1.165) is 33.8 Å². The third-order valence-corrected chi connectivity index (χ3v) is 3.86. The Hall–Kier alpha value is -2.74. The number of hydrogen-bond acceptors (Lipinski definition) is 2. The molecular formula is C26H36O2. The van der Waals surface area contributed by atoms with Gasteiger partial charge in [-0.1, -0.05) is 89.4 Å². The normalized spacial score (nSPS) is 10.2. The molecule has 2 aromatic rings. The molecule has 2 nitrogen and oxygen atoms in total. The molecular weight excluding hydrogens is 344 g/mol. The van der Waals surface area contributed by atoms with Gasteiger partial charge in [0.05, 0.1) is 0 Å². The first-order chi connectivity index (χ1) is 13.7. The predicted molar refractivity (Wildman–Crippen MR) is 123 cm³/mol. The summed E-state index contributed by atoms with van der Waals surface area (Å²) in [7, 11) is 0. The molecule has 0 aliphatic rings. The summed E-state index contributed by atoms with van der Waals surface area (Å²) in [6, 6.07) is 15.9. The molecule has 0 heterocycles. The van der Waals surface area contributed by atoms with Crippen LogP contribution in [-0.4, -0.2) is 13.2 Å². The summed E-state index contributed by atoms with van der Waals surface area (Å²) in [5.74, 6) is 1.75. The average molecular weight is 381 g/mol. The third kappa shape index (κ3) is 8.30. The highest BCUT2D eigenvalue weighted by Crippen LogP contribution is 2.20. The fourth-order valence-electron chi connectivity index (χ4n) is 2.31. The molecule has 0 N–H and O–H groups in total. The molecule has 0 aliphatic carbocycles. The van der Waals surface area contributed by atoms with Gasteiger partial charge in [-0.3, -0.25) is 0 Å². The molecule has 152 valence electrons. The molecule has 28 heavy (non-hydrogen) atoms. The minimum atomic E-state index is 0.437. The van der Waals surface area contributed by atoms with Gasteiger partial charge in [0, 0.05) is 0 Å². The van der Waals surface area contributed by atoms with Crippen molar-refractivity contribution in [2.24, 2.45) is 0 Å². The van der Waals surface area contributed by atoms with E-state index in [2.05, 4.69) is 13.2 Å². The average Bonchev–Trinajstić information content (AvgIpc) is 2.75. The van der Waals surface area contributed by atoms with Gasteiger partial charge in [0.25, 0.3) is 0 Å². The lowest BCUT2D eigenvalue weighted by Gasteiger charge is -2.14. The topological polar surface area (TPSA) is 18.5 Å². The lowest BCUT2D eigenvalue weighted by molar-refractivity contribution is 0.336. The molecule has 0 unspecified atom stereocenters. The van der Waals surface area contributed by atoms with Gasteiger partial charge in [-0.2, -0.15) is 0 Å². The van der Waals surface area contributed by atoms with Crippen LogP contribution in [0.25, 0.3) is 0 Å². The Labute approximate surface area is 172 Å². The third-order valence-electron chi connectivity index (χ3n) is 3.86. The summed E-state index contributed by atoms with van der Waals surface area (Å²) in [4.78, 5) is 0. The van der Waals surface area contributed by atoms with Crippen molar-refractivity contribution in [3.05, 3.63) is 96.1 Å². The second-order valence-electron chi connectivity index (χ2n) is 5.57. The molecule has 2 aromatic carbocycles. The lowest BCUT2D eigenvalue weighted by Crippen LogP contribution is -2.08. The number of hydrogen-bond donors (Lipinski definition) is 0. The molecule has 0 amide bonds. The predicted octanol–water partition coefficient (Wildman–Crippen LogP) is 7.48. The van der Waals surface area contributed by atoms with Crippen LogP contribution < -0.4 is 9.47 Å². The summed E-state index contributed by atoms with van der Waals surface area (Å²) in [6.45, 7) is 20.7. The van der Waals surface area contributed by atoms with Gasteiger partial charge in [0.15, 0.2) is 0 Å². The van der Waals surface area contributed by atoms with E-state index in [-0.39, 0.29) is 0 Å². The van der Waals surface area contributed by atoms with E-state index in [9.17, 15) is 0 Å². The van der Waals surface area contributed by atoms with Crippen molar-refractivity contribution >= 4 is 0 Å². The van der Waals surface area contributed by atoms with Gasteiger partial charge in [-0.05, 0) is 48.3 Å². The van der Waals surface area contributed by atoms with Crippen LogP contribution in [0, 0.1) is 13.8 Å². The van der Waals surface area contributed by atoms with Crippen molar-refractivity contribution in [3.8, 4) is 11.5 Å². The van der Waals surface area contributed by atoms with Gasteiger partial charge in [-0.25, -0.2) is 0 Å². The lowest BCUT2D eigenvalue weighted by atomic mass is 10.1. The molecule has 0 spiro atoms. The molecule has 0 atom stereocenters. The first-order valence-electron chi connectivity index (χ1n) is 9.99. The number of rotatable bonds is 8. The molecule has 0 aliphatic heterocycles. The van der Waals surface area contributed by atoms with Crippen LogP contribution in [0.5, 0.6) is 11.5 Å². The van der Waals surface area contributed by atoms with Crippen molar-refractivity contribution in [2.45, 2.75) is 41.5 Å². The van der Waals surface area contributed by atoms with Gasteiger partial charge in [-0.15, -0.1) is 0 Å². The van der Waals surface area contributed by atoms with E-state index in [0.29, 0.717) is 13.2 Å². The Balaban J connectivity index is 0.00000171. The maximum atomic E-state index is 5.92. The summed E-state index contributed by atoms with van der Waals surface area (Å²) >= 11 is 0. The second-order valence-corrected chi connectivity index (χ2v) is 5.57. The number of aryl methyl sites for hydroxylation is 2. The minimum absolute atomic E-state index is 0.437. The summed E-state index contributed by atoms with van der Waals surface area (Å²) in [5, 5.41) is 0. The zero-order valence-electron chi connectivity index (χ0n) is 18.4. The molecule has 2 rings (SSSR count). The Kier molecular flexibility index (Phi) is 13.8.